The van der Waals surface area contributed by atoms with Crippen LogP contribution in [0.25, 0.3) is 0 Å². The van der Waals surface area contributed by atoms with E-state index in [9.17, 15) is 10.1 Å². The fraction of sp³-hybridized carbons (Fsp3) is 0.222. The molecule has 0 spiro atoms. The highest BCUT2D eigenvalue weighted by Crippen LogP contribution is 2.54. The number of nitro benzene ring substituents is 1. The number of allylic oxidation sites excluding steroid dienone is 2. The molecule has 0 saturated carbocycles. The van der Waals surface area contributed by atoms with Gasteiger partial charge in [-0.05, 0) is 30.0 Å². The van der Waals surface area contributed by atoms with Crippen molar-refractivity contribution < 1.29 is 4.92 Å². The summed E-state index contributed by atoms with van der Waals surface area (Å²) in [4.78, 5) is 11.2. The zero-order chi connectivity index (χ0) is 16.8. The Morgan fingerprint density at radius 3 is 2.79 bits per heavy atom. The molecule has 1 N–H and O–H groups in total. The quantitative estimate of drug-likeness (QED) is 0.388. The molecule has 0 amide bonds. The van der Waals surface area contributed by atoms with Crippen molar-refractivity contribution in [3.8, 4) is 0 Å². The minimum atomic E-state index is -0.321. The van der Waals surface area contributed by atoms with Gasteiger partial charge in [0.1, 0.15) is 0 Å². The van der Waals surface area contributed by atoms with Crippen LogP contribution >= 0.6 is 27.5 Å². The van der Waals surface area contributed by atoms with Crippen molar-refractivity contribution in [2.45, 2.75) is 18.4 Å². The van der Waals surface area contributed by atoms with Gasteiger partial charge in [-0.3, -0.25) is 10.1 Å². The van der Waals surface area contributed by atoms with E-state index in [1.54, 1.807) is 6.07 Å². The molecule has 6 heteroatoms. The van der Waals surface area contributed by atoms with Crippen LogP contribution in [-0.4, -0.2) is 4.92 Å². The van der Waals surface area contributed by atoms with Gasteiger partial charge in [-0.1, -0.05) is 57.9 Å². The number of nitrogens with one attached hydrogen (secondary N) is 1. The number of halogens is 2. The van der Waals surface area contributed by atoms with Crippen molar-refractivity contribution in [1.82, 2.24) is 0 Å². The molecule has 1 aliphatic heterocycles. The van der Waals surface area contributed by atoms with Gasteiger partial charge < -0.3 is 5.32 Å². The second kappa shape index (κ2) is 5.90. The van der Waals surface area contributed by atoms with Crippen LogP contribution in [0.1, 0.15) is 29.5 Å². The summed E-state index contributed by atoms with van der Waals surface area (Å²) in [6.45, 7) is 0. The normalized spacial score (nSPS) is 24.2. The second-order valence-electron chi connectivity index (χ2n) is 6.11. The molecule has 0 aromatic heterocycles. The fourth-order valence-electron chi connectivity index (χ4n) is 3.85. The molecule has 24 heavy (non-hydrogen) atoms. The van der Waals surface area contributed by atoms with Crippen LogP contribution in [0.5, 0.6) is 0 Å². The summed E-state index contributed by atoms with van der Waals surface area (Å²) < 4.78 is 1.03. The highest BCUT2D eigenvalue weighted by atomic mass is 79.9. The number of fused-ring (bicyclic) bond motifs is 3. The minimum Gasteiger partial charge on any atom is -0.376 e. The van der Waals surface area contributed by atoms with Crippen molar-refractivity contribution >= 4 is 38.9 Å². The molecular formula is C18H14BrClN2O2. The molecule has 0 saturated heterocycles. The molecule has 2 aromatic rings. The summed E-state index contributed by atoms with van der Waals surface area (Å²) in [5.74, 6) is 0.228. The number of nitro groups is 1. The number of hydrogen-bond donors (Lipinski definition) is 1. The fourth-order valence-corrected chi connectivity index (χ4v) is 4.60. The lowest BCUT2D eigenvalue weighted by molar-refractivity contribution is -0.385. The molecular weight excluding hydrogens is 392 g/mol. The molecule has 0 bridgehead atoms. The van der Waals surface area contributed by atoms with Crippen LogP contribution in [0.4, 0.5) is 11.4 Å². The first-order valence-electron chi connectivity index (χ1n) is 7.72. The molecule has 0 unspecified atom stereocenters. The maximum absolute atomic E-state index is 11.5. The number of benzene rings is 2. The molecule has 122 valence electrons. The van der Waals surface area contributed by atoms with Crippen molar-refractivity contribution in [3.05, 3.63) is 79.3 Å². The predicted octanol–water partition coefficient (Wildman–Crippen LogP) is 5.84. The Bertz CT molecular complexity index is 868. The molecule has 3 atom stereocenters. The van der Waals surface area contributed by atoms with Crippen LogP contribution in [0, 0.1) is 16.0 Å². The average Bonchev–Trinajstić information content (AvgIpc) is 3.05. The van der Waals surface area contributed by atoms with E-state index in [-0.39, 0.29) is 28.5 Å². The van der Waals surface area contributed by atoms with Gasteiger partial charge in [0.25, 0.3) is 5.69 Å². The zero-order valence-electron chi connectivity index (χ0n) is 12.6. The molecule has 4 rings (SSSR count). The first-order valence-corrected chi connectivity index (χ1v) is 8.89. The van der Waals surface area contributed by atoms with Gasteiger partial charge in [0.05, 0.1) is 27.2 Å². The van der Waals surface area contributed by atoms with Crippen molar-refractivity contribution in [2.75, 3.05) is 5.32 Å². The highest BCUT2D eigenvalue weighted by Gasteiger charge is 2.42. The third-order valence-electron chi connectivity index (χ3n) is 4.88. The Morgan fingerprint density at radius 2 is 2.04 bits per heavy atom. The Hall–Kier alpha value is -1.85. The van der Waals surface area contributed by atoms with E-state index >= 15 is 0 Å². The summed E-state index contributed by atoms with van der Waals surface area (Å²) in [6.07, 6.45) is 5.07. The summed E-state index contributed by atoms with van der Waals surface area (Å²) in [7, 11) is 0. The lowest BCUT2D eigenvalue weighted by Gasteiger charge is -2.37. The molecule has 4 nitrogen and oxygen atoms in total. The molecule has 2 aromatic carbocycles. The Labute approximate surface area is 152 Å². The summed E-state index contributed by atoms with van der Waals surface area (Å²) in [6, 6.07) is 11.2. The van der Waals surface area contributed by atoms with Crippen LogP contribution in [0.2, 0.25) is 5.02 Å². The van der Waals surface area contributed by atoms with Crippen LogP contribution in [-0.2, 0) is 0 Å². The summed E-state index contributed by atoms with van der Waals surface area (Å²) in [5, 5.41) is 15.5. The molecule has 0 radical (unpaired) electrons. The molecule has 1 aliphatic carbocycles. The van der Waals surface area contributed by atoms with Crippen LogP contribution in [0.15, 0.2) is 53.0 Å². The van der Waals surface area contributed by atoms with E-state index in [0.29, 0.717) is 16.3 Å². The van der Waals surface area contributed by atoms with Gasteiger partial charge >= 0.3 is 0 Å². The maximum atomic E-state index is 11.5. The minimum absolute atomic E-state index is 0.00236. The first kappa shape index (κ1) is 15.7. The lowest BCUT2D eigenvalue weighted by atomic mass is 9.76. The summed E-state index contributed by atoms with van der Waals surface area (Å²) in [5.41, 5.74) is 2.66. The van der Waals surface area contributed by atoms with Gasteiger partial charge in [0.15, 0.2) is 0 Å². The van der Waals surface area contributed by atoms with E-state index in [1.165, 1.54) is 6.07 Å². The highest BCUT2D eigenvalue weighted by molar-refractivity contribution is 9.10. The van der Waals surface area contributed by atoms with E-state index in [1.807, 2.05) is 18.2 Å². The van der Waals surface area contributed by atoms with E-state index in [4.69, 9.17) is 11.6 Å². The number of nitrogens with zero attached hydrogens (tertiary/aromatic N) is 1. The second-order valence-corrected chi connectivity index (χ2v) is 7.37. The van der Waals surface area contributed by atoms with Gasteiger partial charge in [0, 0.05) is 16.5 Å². The summed E-state index contributed by atoms with van der Waals surface area (Å²) >= 11 is 10.0. The van der Waals surface area contributed by atoms with Crippen molar-refractivity contribution in [2.24, 2.45) is 5.92 Å². The van der Waals surface area contributed by atoms with E-state index < -0.39 is 0 Å². The largest absolute Gasteiger partial charge is 0.376 e. The lowest BCUT2D eigenvalue weighted by Crippen LogP contribution is -2.30. The average molecular weight is 406 g/mol. The third-order valence-corrected chi connectivity index (χ3v) is 5.92. The monoisotopic (exact) mass is 404 g/mol. The molecule has 1 heterocycles. The topological polar surface area (TPSA) is 55.2 Å². The predicted molar refractivity (Wildman–Crippen MR) is 98.6 cm³/mol. The number of rotatable bonds is 2. The Kier molecular flexibility index (Phi) is 3.85. The van der Waals surface area contributed by atoms with Crippen LogP contribution in [0.3, 0.4) is 0 Å². The number of anilines is 1. The molecule has 2 aliphatic rings. The van der Waals surface area contributed by atoms with Crippen LogP contribution < -0.4 is 5.32 Å². The Morgan fingerprint density at radius 1 is 1.25 bits per heavy atom. The van der Waals surface area contributed by atoms with Gasteiger partial charge in [0.2, 0.25) is 0 Å². The van der Waals surface area contributed by atoms with Gasteiger partial charge in [-0.15, -0.1) is 0 Å². The maximum Gasteiger partial charge on any atom is 0.275 e. The first-order chi connectivity index (χ1) is 11.6. The van der Waals surface area contributed by atoms with Gasteiger partial charge in [-0.25, -0.2) is 0 Å². The number of hydrogen-bond acceptors (Lipinski definition) is 3. The SMILES string of the molecule is O=[N+]([O-])c1ccc(Cl)c2c1[C@@H]1C=CC[C@H]1[C@H](c1ccccc1Br)N2. The van der Waals surface area contributed by atoms with E-state index in [0.717, 1.165) is 16.5 Å². The Balaban J connectivity index is 1.90. The molecule has 0 fully saturated rings. The smallest absolute Gasteiger partial charge is 0.275 e. The standard InChI is InChI=1S/C18H14BrClN2O2/c19-13-7-2-1-4-12(13)17-11-6-3-5-10(11)16-15(22(23)24)9-8-14(20)18(16)21-17/h1-5,7-11,17,21H,6H2/t10-,11-,17-/m1/s1. The van der Waals surface area contributed by atoms with Crippen molar-refractivity contribution in [3.63, 3.8) is 0 Å². The third kappa shape index (κ3) is 2.34. The zero-order valence-corrected chi connectivity index (χ0v) is 14.9. The van der Waals surface area contributed by atoms with Gasteiger partial charge in [-0.2, -0.15) is 0 Å². The van der Waals surface area contributed by atoms with Crippen molar-refractivity contribution in [1.29, 1.82) is 0 Å². The van der Waals surface area contributed by atoms with E-state index in [2.05, 4.69) is 39.5 Å².